The summed E-state index contributed by atoms with van der Waals surface area (Å²) in [5.41, 5.74) is 11.4. The molecule has 0 radical (unpaired) electrons. The fourth-order valence-corrected chi connectivity index (χ4v) is 6.67. The molecule has 0 spiro atoms. The number of para-hydroxylation sites is 3. The lowest BCUT2D eigenvalue weighted by molar-refractivity contribution is 0.473. The van der Waals surface area contributed by atoms with Crippen molar-refractivity contribution in [1.82, 2.24) is 4.98 Å². The van der Waals surface area contributed by atoms with Gasteiger partial charge in [0.1, 0.15) is 22.4 Å². The van der Waals surface area contributed by atoms with Gasteiger partial charge in [0.2, 0.25) is 5.89 Å². The van der Waals surface area contributed by atoms with E-state index in [9.17, 15) is 5.11 Å². The molecule has 0 saturated heterocycles. The standard InChI is InChI=1S/C46H40N2O3/c1-45(2,3)31-14-11-13-28(23-31)29-25-37(35-18-12-17-34-33-15-8-10-20-40(33)50-43(34)35)42-41(26-29)51-44(48-42)36-16-7-9-19-38(36)47-27-30-24-32(46(4,5)6)21-22-39(30)49/h7-27,49H,1-6H3. The van der Waals surface area contributed by atoms with Gasteiger partial charge in [-0.15, -0.1) is 0 Å². The molecule has 0 atom stereocenters. The Balaban J connectivity index is 1.32. The van der Waals surface area contributed by atoms with Crippen molar-refractivity contribution in [2.75, 3.05) is 0 Å². The van der Waals surface area contributed by atoms with Crippen LogP contribution in [0.4, 0.5) is 5.69 Å². The van der Waals surface area contributed by atoms with E-state index in [0.29, 0.717) is 22.7 Å². The number of phenolic OH excluding ortho intramolecular Hbond substituents is 1. The third-order valence-electron chi connectivity index (χ3n) is 9.62. The molecule has 6 aromatic carbocycles. The normalized spacial score (nSPS) is 12.5. The van der Waals surface area contributed by atoms with E-state index in [1.807, 2.05) is 54.6 Å². The lowest BCUT2D eigenvalue weighted by Gasteiger charge is -2.20. The van der Waals surface area contributed by atoms with Crippen LogP contribution in [-0.2, 0) is 10.8 Å². The number of oxazole rings is 1. The van der Waals surface area contributed by atoms with Crippen LogP contribution in [-0.4, -0.2) is 16.3 Å². The first kappa shape index (κ1) is 32.3. The summed E-state index contributed by atoms with van der Waals surface area (Å²) in [7, 11) is 0. The summed E-state index contributed by atoms with van der Waals surface area (Å²) in [5.74, 6) is 0.641. The average molecular weight is 669 g/mol. The Morgan fingerprint density at radius 3 is 2.12 bits per heavy atom. The number of aliphatic imine (C=N–C) groups is 1. The number of aromatic hydroxyl groups is 1. The molecule has 1 N–H and O–H groups in total. The van der Waals surface area contributed by atoms with Gasteiger partial charge >= 0.3 is 0 Å². The van der Waals surface area contributed by atoms with Gasteiger partial charge in [-0.25, -0.2) is 4.98 Å². The molecule has 252 valence electrons. The molecule has 8 rings (SSSR count). The highest BCUT2D eigenvalue weighted by atomic mass is 16.3. The second-order valence-corrected chi connectivity index (χ2v) is 15.3. The van der Waals surface area contributed by atoms with Crippen molar-refractivity contribution >= 4 is 44.9 Å². The van der Waals surface area contributed by atoms with Crippen LogP contribution in [0.1, 0.15) is 58.2 Å². The molecule has 0 fully saturated rings. The average Bonchev–Trinajstić information content (AvgIpc) is 3.72. The van der Waals surface area contributed by atoms with Gasteiger partial charge in [0.05, 0.1) is 11.3 Å². The van der Waals surface area contributed by atoms with Crippen LogP contribution in [0.15, 0.2) is 135 Å². The number of fused-ring (bicyclic) bond motifs is 4. The Kier molecular flexibility index (Phi) is 7.68. The smallest absolute Gasteiger partial charge is 0.229 e. The molecule has 8 aromatic rings. The highest BCUT2D eigenvalue weighted by Crippen LogP contribution is 2.43. The van der Waals surface area contributed by atoms with E-state index in [2.05, 4.69) is 102 Å². The van der Waals surface area contributed by atoms with Crippen LogP contribution in [0, 0.1) is 0 Å². The minimum Gasteiger partial charge on any atom is -0.507 e. The maximum Gasteiger partial charge on any atom is 0.229 e. The largest absolute Gasteiger partial charge is 0.507 e. The third-order valence-corrected chi connectivity index (χ3v) is 9.62. The highest BCUT2D eigenvalue weighted by Gasteiger charge is 2.22. The molecular formula is C46H40N2O3. The fourth-order valence-electron chi connectivity index (χ4n) is 6.67. The van der Waals surface area contributed by atoms with Gasteiger partial charge in [-0.3, -0.25) is 4.99 Å². The van der Waals surface area contributed by atoms with Crippen molar-refractivity contribution < 1.29 is 13.9 Å². The number of phenols is 1. The number of nitrogens with zero attached hydrogens (tertiary/aromatic N) is 2. The van der Waals surface area contributed by atoms with Crippen molar-refractivity contribution in [1.29, 1.82) is 0 Å². The molecular weight excluding hydrogens is 629 g/mol. The summed E-state index contributed by atoms with van der Waals surface area (Å²) in [5, 5.41) is 12.8. The number of hydrogen-bond donors (Lipinski definition) is 1. The van der Waals surface area contributed by atoms with E-state index < -0.39 is 0 Å². The molecule has 0 aliphatic carbocycles. The Hall–Kier alpha value is -5.94. The van der Waals surface area contributed by atoms with E-state index in [4.69, 9.17) is 18.8 Å². The zero-order valence-corrected chi connectivity index (χ0v) is 29.8. The first-order chi connectivity index (χ1) is 24.4. The third kappa shape index (κ3) is 5.99. The summed E-state index contributed by atoms with van der Waals surface area (Å²) in [6.45, 7) is 13.1. The number of hydrogen-bond acceptors (Lipinski definition) is 5. The van der Waals surface area contributed by atoms with Crippen LogP contribution >= 0.6 is 0 Å². The number of aromatic nitrogens is 1. The molecule has 0 saturated carbocycles. The van der Waals surface area contributed by atoms with Crippen LogP contribution in [0.2, 0.25) is 0 Å². The molecule has 2 heterocycles. The van der Waals surface area contributed by atoms with Crippen LogP contribution in [0.3, 0.4) is 0 Å². The molecule has 2 aromatic heterocycles. The predicted octanol–water partition coefficient (Wildman–Crippen LogP) is 12.8. The molecule has 5 heteroatoms. The van der Waals surface area contributed by atoms with Crippen molar-refractivity contribution in [3.8, 4) is 39.5 Å². The fraction of sp³-hybridized carbons (Fsp3) is 0.174. The Labute approximate surface area is 297 Å². The van der Waals surface area contributed by atoms with Crippen molar-refractivity contribution in [3.63, 3.8) is 0 Å². The van der Waals surface area contributed by atoms with Gasteiger partial charge in [0, 0.05) is 33.7 Å². The summed E-state index contributed by atoms with van der Waals surface area (Å²) >= 11 is 0. The monoisotopic (exact) mass is 668 g/mol. The van der Waals surface area contributed by atoms with E-state index in [-0.39, 0.29) is 16.6 Å². The van der Waals surface area contributed by atoms with Crippen LogP contribution in [0.5, 0.6) is 5.75 Å². The first-order valence-corrected chi connectivity index (χ1v) is 17.4. The summed E-state index contributed by atoms with van der Waals surface area (Å²) in [4.78, 5) is 10.0. The minimum absolute atomic E-state index is 0.00268. The number of furan rings is 1. The second-order valence-electron chi connectivity index (χ2n) is 15.3. The Morgan fingerprint density at radius 1 is 0.588 bits per heavy atom. The highest BCUT2D eigenvalue weighted by molar-refractivity contribution is 6.12. The molecule has 0 unspecified atom stereocenters. The van der Waals surface area contributed by atoms with E-state index in [1.165, 1.54) is 5.56 Å². The molecule has 0 amide bonds. The minimum atomic E-state index is -0.0658. The van der Waals surface area contributed by atoms with E-state index in [0.717, 1.165) is 60.8 Å². The summed E-state index contributed by atoms with van der Waals surface area (Å²) < 4.78 is 13.2. The maximum absolute atomic E-state index is 10.7. The van der Waals surface area contributed by atoms with Gasteiger partial charge in [-0.05, 0) is 75.5 Å². The van der Waals surface area contributed by atoms with Crippen molar-refractivity contribution in [2.45, 2.75) is 52.4 Å². The van der Waals surface area contributed by atoms with Crippen molar-refractivity contribution in [3.05, 3.63) is 138 Å². The lowest BCUT2D eigenvalue weighted by atomic mass is 9.85. The van der Waals surface area contributed by atoms with Crippen LogP contribution < -0.4 is 0 Å². The predicted molar refractivity (Wildman–Crippen MR) is 210 cm³/mol. The van der Waals surface area contributed by atoms with Gasteiger partial charge in [-0.1, -0.05) is 120 Å². The van der Waals surface area contributed by atoms with Gasteiger partial charge < -0.3 is 13.9 Å². The maximum atomic E-state index is 10.7. The Morgan fingerprint density at radius 2 is 1.29 bits per heavy atom. The Bertz CT molecular complexity index is 2630. The van der Waals surface area contributed by atoms with E-state index >= 15 is 0 Å². The summed E-state index contributed by atoms with van der Waals surface area (Å²) in [6, 6.07) is 40.9. The van der Waals surface area contributed by atoms with Crippen LogP contribution in [0.25, 0.3) is 66.7 Å². The van der Waals surface area contributed by atoms with E-state index in [1.54, 1.807) is 12.3 Å². The molecule has 0 aliphatic heterocycles. The second kappa shape index (κ2) is 12.1. The quantitative estimate of drug-likeness (QED) is 0.185. The topological polar surface area (TPSA) is 71.8 Å². The molecule has 51 heavy (non-hydrogen) atoms. The van der Waals surface area contributed by atoms with Crippen molar-refractivity contribution in [2.24, 2.45) is 4.99 Å². The number of rotatable bonds is 5. The molecule has 0 aliphatic rings. The molecule has 5 nitrogen and oxygen atoms in total. The molecule has 0 bridgehead atoms. The zero-order valence-electron chi connectivity index (χ0n) is 29.8. The van der Waals surface area contributed by atoms with Gasteiger partial charge in [0.15, 0.2) is 5.58 Å². The van der Waals surface area contributed by atoms with Gasteiger partial charge in [-0.2, -0.15) is 0 Å². The number of benzene rings is 6. The lowest BCUT2D eigenvalue weighted by Crippen LogP contribution is -2.11. The van der Waals surface area contributed by atoms with Gasteiger partial charge in [0.25, 0.3) is 0 Å². The zero-order chi connectivity index (χ0) is 35.5. The summed E-state index contributed by atoms with van der Waals surface area (Å²) in [6.07, 6.45) is 1.71. The first-order valence-electron chi connectivity index (χ1n) is 17.4. The SMILES string of the molecule is CC(C)(C)c1cccc(-c2cc(-c3cccc4c3oc3ccccc34)c3nc(-c4ccccc4N=Cc4cc(C(C)(C)C)ccc4O)oc3c2)c1.